The first-order valence-corrected chi connectivity index (χ1v) is 15.2. The van der Waals surface area contributed by atoms with Crippen LogP contribution in [0.1, 0.15) is 110 Å². The number of aliphatic carboxylic acids is 1. The summed E-state index contributed by atoms with van der Waals surface area (Å²) < 4.78 is 25.5. The van der Waals surface area contributed by atoms with E-state index >= 15 is 0 Å². The first-order valence-electron chi connectivity index (χ1n) is 13.7. The zero-order valence-corrected chi connectivity index (χ0v) is 23.5. The molecule has 0 aromatic rings. The number of carbonyl (C=O) groups is 3. The second-order valence-electron chi connectivity index (χ2n) is 9.38. The van der Waals surface area contributed by atoms with Crippen molar-refractivity contribution in [3.05, 3.63) is 12.2 Å². The van der Waals surface area contributed by atoms with Crippen LogP contribution >= 0.6 is 7.82 Å². The van der Waals surface area contributed by atoms with Crippen molar-refractivity contribution in [3.8, 4) is 0 Å². The summed E-state index contributed by atoms with van der Waals surface area (Å²) in [6, 6.07) is 0. The SMILES string of the molecule is CCCCCCCCCCCCCCCC(=O)OC[C@H](COP(=O)(O)O)OC(=O)CCC(O)/C=C/C(=O)O. The largest absolute Gasteiger partial charge is 0.478 e. The third-order valence-electron chi connectivity index (χ3n) is 5.75. The Balaban J connectivity index is 4.13. The van der Waals surface area contributed by atoms with Crippen LogP contribution in [0.15, 0.2) is 12.2 Å². The van der Waals surface area contributed by atoms with Crippen molar-refractivity contribution in [1.82, 2.24) is 0 Å². The molecule has 0 bridgehead atoms. The summed E-state index contributed by atoms with van der Waals surface area (Å²) in [6.07, 6.45) is 14.4. The zero-order valence-electron chi connectivity index (χ0n) is 22.6. The van der Waals surface area contributed by atoms with Crippen molar-refractivity contribution in [2.45, 2.75) is 122 Å². The Morgan fingerprint density at radius 1 is 0.789 bits per heavy atom. The van der Waals surface area contributed by atoms with Gasteiger partial charge in [-0.15, -0.1) is 0 Å². The molecule has 0 rings (SSSR count). The normalized spacial score (nSPS) is 13.4. The number of esters is 2. The summed E-state index contributed by atoms with van der Waals surface area (Å²) in [5.41, 5.74) is 0. The molecule has 12 heteroatoms. The first-order chi connectivity index (χ1) is 18.0. The maximum atomic E-state index is 12.0. The van der Waals surface area contributed by atoms with Gasteiger partial charge in [-0.25, -0.2) is 9.36 Å². The Labute approximate surface area is 226 Å². The number of hydrogen-bond donors (Lipinski definition) is 4. The summed E-state index contributed by atoms with van der Waals surface area (Å²) in [6.45, 7) is 1.09. The monoisotopic (exact) mass is 566 g/mol. The highest BCUT2D eigenvalue weighted by Crippen LogP contribution is 2.35. The Hall–Kier alpha value is -1.78. The fourth-order valence-corrected chi connectivity index (χ4v) is 4.00. The minimum Gasteiger partial charge on any atom is -0.478 e. The molecule has 0 heterocycles. The molecule has 0 amide bonds. The number of carboxylic acids is 1. The van der Waals surface area contributed by atoms with Gasteiger partial charge in [0.2, 0.25) is 0 Å². The Kier molecular flexibility index (Phi) is 22.1. The molecule has 0 radical (unpaired) electrons. The summed E-state index contributed by atoms with van der Waals surface area (Å²) in [7, 11) is -4.84. The molecule has 0 fully saturated rings. The van der Waals surface area contributed by atoms with E-state index in [9.17, 15) is 24.1 Å². The van der Waals surface area contributed by atoms with Crippen LogP contribution in [0.3, 0.4) is 0 Å². The smallest absolute Gasteiger partial charge is 0.469 e. The quantitative estimate of drug-likeness (QED) is 0.0516. The van der Waals surface area contributed by atoms with Gasteiger partial charge >= 0.3 is 25.7 Å². The van der Waals surface area contributed by atoms with Crippen molar-refractivity contribution in [2.75, 3.05) is 13.2 Å². The lowest BCUT2D eigenvalue weighted by atomic mass is 10.0. The first kappa shape index (κ1) is 36.2. The second kappa shape index (κ2) is 23.1. The van der Waals surface area contributed by atoms with E-state index in [4.69, 9.17) is 24.4 Å². The van der Waals surface area contributed by atoms with Crippen molar-refractivity contribution in [3.63, 3.8) is 0 Å². The number of phosphoric acid groups is 1. The number of rotatable bonds is 25. The Morgan fingerprint density at radius 3 is 1.82 bits per heavy atom. The predicted octanol–water partition coefficient (Wildman–Crippen LogP) is 4.81. The van der Waals surface area contributed by atoms with E-state index in [2.05, 4.69) is 11.4 Å². The average molecular weight is 567 g/mol. The summed E-state index contributed by atoms with van der Waals surface area (Å²) >= 11 is 0. The molecule has 11 nitrogen and oxygen atoms in total. The summed E-state index contributed by atoms with van der Waals surface area (Å²) in [5.74, 6) is -2.60. The van der Waals surface area contributed by atoms with Gasteiger partial charge in [0, 0.05) is 18.9 Å². The number of aliphatic hydroxyl groups is 1. The van der Waals surface area contributed by atoms with Gasteiger partial charge in [0.25, 0.3) is 0 Å². The molecule has 0 aliphatic heterocycles. The molecule has 0 saturated heterocycles. The lowest BCUT2D eigenvalue weighted by Crippen LogP contribution is -2.29. The van der Waals surface area contributed by atoms with Gasteiger partial charge in [0.05, 0.1) is 12.7 Å². The molecule has 0 aromatic heterocycles. The average Bonchev–Trinajstić information content (AvgIpc) is 2.85. The van der Waals surface area contributed by atoms with Gasteiger partial charge in [-0.1, -0.05) is 84.0 Å². The highest BCUT2D eigenvalue weighted by atomic mass is 31.2. The summed E-state index contributed by atoms with van der Waals surface area (Å²) in [4.78, 5) is 52.3. The standard InChI is InChI=1S/C26H47O11P/c1-2-3-4-5-6-7-8-9-10-11-12-13-14-15-25(30)35-20-23(21-36-38(32,33)34)37-26(31)19-17-22(27)16-18-24(28)29/h16,18,22-23,27H,2-15,17,19-21H2,1H3,(H,28,29)(H2,32,33,34)/b18-16+/t22?,23-/m1/s1. The van der Waals surface area contributed by atoms with Gasteiger partial charge < -0.3 is 29.5 Å². The van der Waals surface area contributed by atoms with Crippen molar-refractivity contribution in [2.24, 2.45) is 0 Å². The predicted molar refractivity (Wildman–Crippen MR) is 141 cm³/mol. The highest BCUT2D eigenvalue weighted by Gasteiger charge is 2.23. The van der Waals surface area contributed by atoms with Crippen molar-refractivity contribution in [1.29, 1.82) is 0 Å². The maximum Gasteiger partial charge on any atom is 0.469 e. The maximum absolute atomic E-state index is 12.0. The number of carbonyl (C=O) groups excluding carboxylic acids is 2. The van der Waals surface area contributed by atoms with Crippen LogP contribution in [0, 0.1) is 0 Å². The van der Waals surface area contributed by atoms with E-state index in [-0.39, 0.29) is 19.3 Å². The van der Waals surface area contributed by atoms with Crippen LogP contribution in [0.4, 0.5) is 0 Å². The number of aliphatic hydroxyl groups excluding tert-OH is 1. The van der Waals surface area contributed by atoms with Crippen LogP contribution in [0.5, 0.6) is 0 Å². The Bertz CT molecular complexity index is 720. The number of phosphoric ester groups is 1. The van der Waals surface area contributed by atoms with Gasteiger partial charge in [-0.2, -0.15) is 0 Å². The minimum absolute atomic E-state index is 0.131. The van der Waals surface area contributed by atoms with E-state index in [0.717, 1.165) is 31.4 Å². The van der Waals surface area contributed by atoms with E-state index in [1.54, 1.807) is 0 Å². The van der Waals surface area contributed by atoms with Gasteiger partial charge in [-0.3, -0.25) is 14.1 Å². The zero-order chi connectivity index (χ0) is 28.7. The van der Waals surface area contributed by atoms with Gasteiger partial charge in [0.1, 0.15) is 6.61 Å². The number of hydrogen-bond acceptors (Lipinski definition) is 8. The number of carboxylic acid groups (broad SMARTS) is 1. The summed E-state index contributed by atoms with van der Waals surface area (Å²) in [5, 5.41) is 18.2. The lowest BCUT2D eigenvalue weighted by Gasteiger charge is -2.18. The van der Waals surface area contributed by atoms with E-state index in [1.165, 1.54) is 57.8 Å². The second-order valence-corrected chi connectivity index (χ2v) is 10.6. The molecule has 38 heavy (non-hydrogen) atoms. The molecular formula is C26H47O11P. The third-order valence-corrected chi connectivity index (χ3v) is 6.23. The van der Waals surface area contributed by atoms with Crippen LogP contribution in [0.2, 0.25) is 0 Å². The molecule has 1 unspecified atom stereocenters. The molecule has 0 aliphatic rings. The van der Waals surface area contributed by atoms with Gasteiger partial charge in [-0.05, 0) is 18.9 Å². The minimum atomic E-state index is -4.84. The van der Waals surface area contributed by atoms with Crippen LogP contribution < -0.4 is 0 Å². The molecule has 0 aliphatic carbocycles. The van der Waals surface area contributed by atoms with Crippen LogP contribution in [-0.4, -0.2) is 63.3 Å². The molecular weight excluding hydrogens is 519 g/mol. The molecule has 0 aromatic carbocycles. The number of unbranched alkanes of at least 4 members (excludes halogenated alkanes) is 12. The number of ether oxygens (including phenoxy) is 2. The van der Waals surface area contributed by atoms with Crippen molar-refractivity contribution < 1.29 is 52.9 Å². The molecule has 2 atom stereocenters. The fraction of sp³-hybridized carbons (Fsp3) is 0.808. The molecule has 222 valence electrons. The van der Waals surface area contributed by atoms with Crippen LogP contribution in [-0.2, 0) is 32.9 Å². The Morgan fingerprint density at radius 2 is 1.32 bits per heavy atom. The van der Waals surface area contributed by atoms with E-state index in [0.29, 0.717) is 6.42 Å². The fourth-order valence-electron chi connectivity index (χ4n) is 3.64. The lowest BCUT2D eigenvalue weighted by molar-refractivity contribution is -0.161. The third kappa shape index (κ3) is 25.9. The molecule has 4 N–H and O–H groups in total. The molecule has 0 spiro atoms. The van der Waals surface area contributed by atoms with Gasteiger partial charge in [0.15, 0.2) is 6.10 Å². The topological polar surface area (TPSA) is 177 Å². The van der Waals surface area contributed by atoms with E-state index < -0.39 is 51.2 Å². The van der Waals surface area contributed by atoms with E-state index in [1.807, 2.05) is 0 Å². The molecule has 0 saturated carbocycles. The highest BCUT2D eigenvalue weighted by molar-refractivity contribution is 7.46. The van der Waals surface area contributed by atoms with Crippen LogP contribution in [0.25, 0.3) is 0 Å². The van der Waals surface area contributed by atoms with Crippen molar-refractivity contribution >= 4 is 25.7 Å².